The van der Waals surface area contributed by atoms with Gasteiger partial charge in [-0.15, -0.1) is 0 Å². The van der Waals surface area contributed by atoms with Crippen LogP contribution >= 0.6 is 0 Å². The van der Waals surface area contributed by atoms with Gasteiger partial charge in [0.05, 0.1) is 0 Å². The van der Waals surface area contributed by atoms with E-state index in [2.05, 4.69) is 24.8 Å². The molecule has 0 aromatic carbocycles. The molecule has 26 heavy (non-hydrogen) atoms. The molecule has 2 aliphatic rings. The molecule has 2 saturated heterocycles. The number of likely N-dealkylation sites (tertiary alicyclic amines) is 1. The van der Waals surface area contributed by atoms with Gasteiger partial charge in [0.25, 0.3) is 0 Å². The summed E-state index contributed by atoms with van der Waals surface area (Å²) in [6.07, 6.45) is 6.85. The third kappa shape index (κ3) is 3.47. The molecule has 0 aliphatic carbocycles. The Morgan fingerprint density at radius 2 is 2.08 bits per heavy atom. The second kappa shape index (κ2) is 7.27. The van der Waals surface area contributed by atoms with E-state index in [1.54, 1.807) is 6.20 Å². The van der Waals surface area contributed by atoms with E-state index in [1.165, 1.54) is 0 Å². The zero-order valence-electron chi connectivity index (χ0n) is 14.8. The molecule has 2 atom stereocenters. The molecule has 7 heteroatoms. The van der Waals surface area contributed by atoms with Crippen molar-refractivity contribution in [3.05, 3.63) is 42.4 Å². The van der Waals surface area contributed by atoms with Crippen molar-refractivity contribution < 1.29 is 4.79 Å². The summed E-state index contributed by atoms with van der Waals surface area (Å²) in [5.74, 6) is 1.94. The number of amides is 1. The first-order valence-electron chi connectivity index (χ1n) is 9.23. The number of nitrogens with two attached hydrogens (primary N) is 1. The molecule has 0 bridgehead atoms. The number of nitrogen functional groups attached to an aromatic ring is 1. The fourth-order valence-electron chi connectivity index (χ4n) is 4.17. The fraction of sp³-hybridized carbons (Fsp3) is 0.474. The number of rotatable bonds is 4. The van der Waals surface area contributed by atoms with Gasteiger partial charge in [0.1, 0.15) is 5.82 Å². The van der Waals surface area contributed by atoms with Crippen LogP contribution in [0.15, 0.2) is 36.7 Å². The Labute approximate surface area is 153 Å². The van der Waals surface area contributed by atoms with Crippen LogP contribution in [-0.4, -0.2) is 51.4 Å². The molecule has 4 heterocycles. The number of carbonyl (C=O) groups is 1. The van der Waals surface area contributed by atoms with Gasteiger partial charge in [-0.1, -0.05) is 6.07 Å². The molecule has 2 aromatic rings. The molecule has 0 unspecified atom stereocenters. The summed E-state index contributed by atoms with van der Waals surface area (Å²) in [7, 11) is 0. The lowest BCUT2D eigenvalue weighted by Gasteiger charge is -2.47. The molecule has 1 amide bonds. The Balaban J connectivity index is 1.43. The molecular formula is C19H24N6O. The van der Waals surface area contributed by atoms with E-state index in [4.69, 9.17) is 5.73 Å². The maximum atomic E-state index is 12.5. The van der Waals surface area contributed by atoms with Crippen LogP contribution in [0.25, 0.3) is 0 Å². The van der Waals surface area contributed by atoms with Gasteiger partial charge in [0.15, 0.2) is 0 Å². The minimum Gasteiger partial charge on any atom is -0.368 e. The zero-order valence-corrected chi connectivity index (χ0v) is 14.8. The third-order valence-corrected chi connectivity index (χ3v) is 5.46. The quantitative estimate of drug-likeness (QED) is 0.897. The number of carbonyl (C=O) groups excluding carboxylic acids is 1. The van der Waals surface area contributed by atoms with Crippen molar-refractivity contribution in [1.29, 1.82) is 0 Å². The molecule has 2 fully saturated rings. The first kappa shape index (κ1) is 16.8. The van der Waals surface area contributed by atoms with Crippen LogP contribution in [0, 0.1) is 5.92 Å². The molecular weight excluding hydrogens is 328 g/mol. The molecule has 4 rings (SSSR count). The molecule has 2 aromatic heterocycles. The molecule has 0 spiro atoms. The predicted molar refractivity (Wildman–Crippen MR) is 99.4 cm³/mol. The van der Waals surface area contributed by atoms with Gasteiger partial charge in [0, 0.05) is 56.6 Å². The van der Waals surface area contributed by atoms with E-state index in [9.17, 15) is 4.79 Å². The maximum absolute atomic E-state index is 12.5. The van der Waals surface area contributed by atoms with Crippen molar-refractivity contribution in [3.63, 3.8) is 0 Å². The van der Waals surface area contributed by atoms with E-state index in [0.29, 0.717) is 24.3 Å². The number of nitrogens with zero attached hydrogens (tertiary/aromatic N) is 5. The lowest BCUT2D eigenvalue weighted by molar-refractivity contribution is -0.139. The number of fused-ring (bicyclic) bond motifs is 1. The highest BCUT2D eigenvalue weighted by Crippen LogP contribution is 2.33. The zero-order chi connectivity index (χ0) is 17.9. The van der Waals surface area contributed by atoms with Gasteiger partial charge in [-0.2, -0.15) is 4.98 Å². The van der Waals surface area contributed by atoms with Gasteiger partial charge in [-0.05, 0) is 37.0 Å². The Morgan fingerprint density at radius 3 is 2.88 bits per heavy atom. The lowest BCUT2D eigenvalue weighted by Crippen LogP contribution is -2.56. The van der Waals surface area contributed by atoms with E-state index >= 15 is 0 Å². The Morgan fingerprint density at radius 1 is 1.15 bits per heavy atom. The second-order valence-corrected chi connectivity index (χ2v) is 7.03. The topological polar surface area (TPSA) is 88.2 Å². The summed E-state index contributed by atoms with van der Waals surface area (Å²) >= 11 is 0. The SMILES string of the molecule is Nc1nccc(N2CC[C@@H]3[C@@H](CCC(=O)N3CCc3ccccn3)C2)n1. The van der Waals surface area contributed by atoms with E-state index in [1.807, 2.05) is 30.5 Å². The number of hydrogen-bond donors (Lipinski definition) is 1. The number of hydrogen-bond acceptors (Lipinski definition) is 6. The van der Waals surface area contributed by atoms with Gasteiger partial charge >= 0.3 is 0 Å². The largest absolute Gasteiger partial charge is 0.368 e. The normalized spacial score (nSPS) is 23.0. The number of aromatic nitrogens is 3. The van der Waals surface area contributed by atoms with Crippen molar-refractivity contribution in [2.75, 3.05) is 30.3 Å². The molecule has 2 N–H and O–H groups in total. The van der Waals surface area contributed by atoms with Crippen molar-refractivity contribution in [2.24, 2.45) is 5.92 Å². The molecule has 0 radical (unpaired) electrons. The standard InChI is InChI=1S/C19H24N6O/c20-19-22-10-6-17(23-19)24-11-8-16-14(13-24)4-5-18(26)25(16)12-7-15-3-1-2-9-21-15/h1-3,6,9-10,14,16H,4-5,7-8,11-13H2,(H2,20,22,23)/t14-,16+/m0/s1. The molecule has 2 aliphatic heterocycles. The summed E-state index contributed by atoms with van der Waals surface area (Å²) < 4.78 is 0. The Hall–Kier alpha value is -2.70. The van der Waals surface area contributed by atoms with Gasteiger partial charge in [-0.3, -0.25) is 9.78 Å². The van der Waals surface area contributed by atoms with Gasteiger partial charge < -0.3 is 15.5 Å². The lowest BCUT2D eigenvalue weighted by atomic mass is 9.83. The van der Waals surface area contributed by atoms with Crippen LogP contribution in [0.3, 0.4) is 0 Å². The molecule has 0 saturated carbocycles. The van der Waals surface area contributed by atoms with Crippen LogP contribution in [-0.2, 0) is 11.2 Å². The van der Waals surface area contributed by atoms with E-state index in [-0.39, 0.29) is 5.91 Å². The summed E-state index contributed by atoms with van der Waals surface area (Å²) in [6, 6.07) is 8.16. The van der Waals surface area contributed by atoms with Crippen molar-refractivity contribution in [2.45, 2.75) is 31.7 Å². The number of pyridine rings is 1. The minimum absolute atomic E-state index is 0.280. The molecule has 136 valence electrons. The molecule has 7 nitrogen and oxygen atoms in total. The monoisotopic (exact) mass is 352 g/mol. The first-order valence-corrected chi connectivity index (χ1v) is 9.23. The van der Waals surface area contributed by atoms with Crippen LogP contribution in [0.2, 0.25) is 0 Å². The smallest absolute Gasteiger partial charge is 0.222 e. The minimum atomic E-state index is 0.280. The highest BCUT2D eigenvalue weighted by atomic mass is 16.2. The first-order chi connectivity index (χ1) is 12.7. The van der Waals surface area contributed by atoms with E-state index < -0.39 is 0 Å². The fourth-order valence-corrected chi connectivity index (χ4v) is 4.17. The average molecular weight is 352 g/mol. The van der Waals surface area contributed by atoms with Crippen LogP contribution < -0.4 is 10.6 Å². The maximum Gasteiger partial charge on any atom is 0.222 e. The van der Waals surface area contributed by atoms with Crippen LogP contribution in [0.5, 0.6) is 0 Å². The Bertz CT molecular complexity index is 768. The van der Waals surface area contributed by atoms with Crippen molar-refractivity contribution in [3.8, 4) is 0 Å². The number of anilines is 2. The highest BCUT2D eigenvalue weighted by Gasteiger charge is 2.39. The highest BCUT2D eigenvalue weighted by molar-refractivity contribution is 5.77. The summed E-state index contributed by atoms with van der Waals surface area (Å²) in [4.78, 5) is 29.6. The van der Waals surface area contributed by atoms with Crippen LogP contribution in [0.4, 0.5) is 11.8 Å². The number of piperidine rings is 2. The summed E-state index contributed by atoms with van der Waals surface area (Å²) in [5.41, 5.74) is 6.76. The summed E-state index contributed by atoms with van der Waals surface area (Å²) in [6.45, 7) is 2.54. The summed E-state index contributed by atoms with van der Waals surface area (Å²) in [5, 5.41) is 0. The van der Waals surface area contributed by atoms with Gasteiger partial charge in [0.2, 0.25) is 11.9 Å². The predicted octanol–water partition coefficient (Wildman–Crippen LogP) is 1.51. The van der Waals surface area contributed by atoms with Crippen molar-refractivity contribution >= 4 is 17.7 Å². The third-order valence-electron chi connectivity index (χ3n) is 5.46. The van der Waals surface area contributed by atoms with Crippen LogP contribution in [0.1, 0.15) is 25.0 Å². The second-order valence-electron chi connectivity index (χ2n) is 7.03. The van der Waals surface area contributed by atoms with Gasteiger partial charge in [-0.25, -0.2) is 4.98 Å². The van der Waals surface area contributed by atoms with E-state index in [0.717, 1.165) is 50.4 Å². The Kier molecular flexibility index (Phi) is 4.69. The average Bonchev–Trinajstić information content (AvgIpc) is 2.68. The van der Waals surface area contributed by atoms with Crippen molar-refractivity contribution in [1.82, 2.24) is 19.9 Å².